The van der Waals surface area contributed by atoms with Gasteiger partial charge in [0.15, 0.2) is 0 Å². The van der Waals surface area contributed by atoms with Crippen molar-refractivity contribution in [3.63, 3.8) is 0 Å². The molecule has 0 aromatic rings. The Hall–Kier alpha value is -0.250. The van der Waals surface area contributed by atoms with Crippen LogP contribution < -0.4 is 0 Å². The van der Waals surface area contributed by atoms with Crippen molar-refractivity contribution in [2.75, 3.05) is 6.61 Å². The fourth-order valence-corrected chi connectivity index (χ4v) is 0.261. The Bertz CT molecular complexity index is 76.8. The van der Waals surface area contributed by atoms with Crippen molar-refractivity contribution in [2.45, 2.75) is 26.1 Å². The molecule has 0 radical (unpaired) electrons. The zero-order valence-corrected chi connectivity index (χ0v) is 5.33. The molecule has 0 fully saturated rings. The van der Waals surface area contributed by atoms with Crippen molar-refractivity contribution >= 4 is 0 Å². The van der Waals surface area contributed by atoms with E-state index in [1.54, 1.807) is 0 Å². The summed E-state index contributed by atoms with van der Waals surface area (Å²) < 4.78 is 38.9. The van der Waals surface area contributed by atoms with E-state index in [1.165, 1.54) is 0 Å². The van der Waals surface area contributed by atoms with E-state index < -0.39 is 18.9 Å². The van der Waals surface area contributed by atoms with E-state index in [4.69, 9.17) is 0 Å². The Kier molecular flexibility index (Phi) is 2.97. The van der Waals surface area contributed by atoms with Gasteiger partial charge < -0.3 is 4.74 Å². The van der Waals surface area contributed by atoms with Gasteiger partial charge in [-0.25, -0.2) is 4.39 Å². The molecule has 1 atom stereocenters. The molecule has 0 heterocycles. The Morgan fingerprint density at radius 1 is 1.56 bits per heavy atom. The Balaban J connectivity index is 3.28. The van der Waals surface area contributed by atoms with Crippen molar-refractivity contribution in [2.24, 2.45) is 0 Å². The summed E-state index contributed by atoms with van der Waals surface area (Å²) in [5.41, 5.74) is 0. The van der Waals surface area contributed by atoms with E-state index in [2.05, 4.69) is 4.74 Å². The maximum Gasteiger partial charge on any atom is 0.353 e. The van der Waals surface area contributed by atoms with Crippen LogP contribution in [0.3, 0.4) is 0 Å². The molecule has 4 heteroatoms. The highest BCUT2D eigenvalue weighted by Gasteiger charge is 2.22. The molecule has 0 aliphatic rings. The SMILES string of the molecule is CC(F)COC(C)(F)F. The summed E-state index contributed by atoms with van der Waals surface area (Å²) in [5, 5.41) is 0. The van der Waals surface area contributed by atoms with E-state index in [-0.39, 0.29) is 0 Å². The van der Waals surface area contributed by atoms with Gasteiger partial charge in [-0.15, -0.1) is 0 Å². The second kappa shape index (κ2) is 3.06. The van der Waals surface area contributed by atoms with Gasteiger partial charge in [0, 0.05) is 6.92 Å². The van der Waals surface area contributed by atoms with Crippen LogP contribution in [0.4, 0.5) is 13.2 Å². The molecule has 0 saturated carbocycles. The molecule has 1 nitrogen and oxygen atoms in total. The predicted molar refractivity (Wildman–Crippen MR) is 27.1 cm³/mol. The van der Waals surface area contributed by atoms with Crippen LogP contribution in [0, 0.1) is 0 Å². The largest absolute Gasteiger partial charge is 0.353 e. The van der Waals surface area contributed by atoms with E-state index in [9.17, 15) is 13.2 Å². The first kappa shape index (κ1) is 8.75. The van der Waals surface area contributed by atoms with E-state index in [1.807, 2.05) is 0 Å². The van der Waals surface area contributed by atoms with Crippen LogP contribution in [-0.2, 0) is 4.74 Å². The summed E-state index contributed by atoms with van der Waals surface area (Å²) in [5.74, 6) is 0. The van der Waals surface area contributed by atoms with Crippen LogP contribution in [0.25, 0.3) is 0 Å². The molecule has 0 N–H and O–H groups in total. The molecule has 0 aliphatic heterocycles. The maximum atomic E-state index is 11.8. The first-order valence-corrected chi connectivity index (χ1v) is 2.57. The lowest BCUT2D eigenvalue weighted by molar-refractivity contribution is -0.230. The van der Waals surface area contributed by atoms with Gasteiger partial charge in [0.1, 0.15) is 6.17 Å². The Labute approximate surface area is 51.8 Å². The highest BCUT2D eigenvalue weighted by atomic mass is 19.3. The van der Waals surface area contributed by atoms with Crippen LogP contribution in [0.2, 0.25) is 0 Å². The fraction of sp³-hybridized carbons (Fsp3) is 1.00. The molecule has 56 valence electrons. The van der Waals surface area contributed by atoms with Gasteiger partial charge in [0.2, 0.25) is 0 Å². The zero-order valence-electron chi connectivity index (χ0n) is 5.33. The zero-order chi connectivity index (χ0) is 7.49. The molecular weight excluding hydrogens is 133 g/mol. The lowest BCUT2D eigenvalue weighted by atomic mass is 10.5. The van der Waals surface area contributed by atoms with Crippen LogP contribution in [-0.4, -0.2) is 18.9 Å². The molecular formula is C5H9F3O. The molecule has 0 rings (SSSR count). The number of alkyl halides is 3. The third-order valence-electron chi connectivity index (χ3n) is 0.566. The number of hydrogen-bond donors (Lipinski definition) is 0. The van der Waals surface area contributed by atoms with Gasteiger partial charge in [0.05, 0.1) is 6.61 Å². The van der Waals surface area contributed by atoms with Crippen molar-refractivity contribution < 1.29 is 17.9 Å². The highest BCUT2D eigenvalue weighted by molar-refractivity contribution is 4.45. The summed E-state index contributed by atoms with van der Waals surface area (Å²) in [6.07, 6.45) is -4.55. The third-order valence-corrected chi connectivity index (χ3v) is 0.566. The third kappa shape index (κ3) is 7.75. The Morgan fingerprint density at radius 3 is 2.11 bits per heavy atom. The lowest BCUT2D eigenvalue weighted by Crippen LogP contribution is -2.19. The molecule has 0 saturated heterocycles. The second-order valence-corrected chi connectivity index (χ2v) is 1.90. The van der Waals surface area contributed by atoms with E-state index >= 15 is 0 Å². The molecule has 0 spiro atoms. The summed E-state index contributed by atoms with van der Waals surface area (Å²) in [4.78, 5) is 0. The van der Waals surface area contributed by atoms with Gasteiger partial charge >= 0.3 is 6.11 Å². The average molecular weight is 142 g/mol. The summed E-state index contributed by atoms with van der Waals surface area (Å²) in [7, 11) is 0. The van der Waals surface area contributed by atoms with Crippen LogP contribution in [0.15, 0.2) is 0 Å². The summed E-state index contributed by atoms with van der Waals surface area (Å²) >= 11 is 0. The summed E-state index contributed by atoms with van der Waals surface area (Å²) in [6.45, 7) is 1.19. The monoisotopic (exact) mass is 142 g/mol. The molecule has 0 aliphatic carbocycles. The number of halogens is 3. The smallest absolute Gasteiger partial charge is 0.318 e. The van der Waals surface area contributed by atoms with E-state index in [0.717, 1.165) is 6.92 Å². The number of hydrogen-bond acceptors (Lipinski definition) is 1. The van der Waals surface area contributed by atoms with Gasteiger partial charge in [-0.3, -0.25) is 0 Å². The second-order valence-electron chi connectivity index (χ2n) is 1.90. The van der Waals surface area contributed by atoms with Gasteiger partial charge in [-0.05, 0) is 6.92 Å². The topological polar surface area (TPSA) is 9.23 Å². The van der Waals surface area contributed by atoms with Gasteiger partial charge in [0.25, 0.3) is 0 Å². The average Bonchev–Trinajstić information content (AvgIpc) is 1.59. The first-order valence-electron chi connectivity index (χ1n) is 2.57. The number of ether oxygens (including phenoxy) is 1. The normalized spacial score (nSPS) is 15.7. The van der Waals surface area contributed by atoms with Crippen molar-refractivity contribution in [1.82, 2.24) is 0 Å². The van der Waals surface area contributed by atoms with Gasteiger partial charge in [-0.2, -0.15) is 8.78 Å². The minimum Gasteiger partial charge on any atom is -0.318 e. The maximum absolute atomic E-state index is 11.8. The predicted octanol–water partition coefficient (Wildman–Crippen LogP) is 1.97. The molecule has 0 amide bonds. The quantitative estimate of drug-likeness (QED) is 0.585. The van der Waals surface area contributed by atoms with Crippen LogP contribution >= 0.6 is 0 Å². The molecule has 0 bridgehead atoms. The minimum atomic E-state index is -3.21. The van der Waals surface area contributed by atoms with E-state index in [0.29, 0.717) is 6.92 Å². The fourth-order valence-electron chi connectivity index (χ4n) is 0.261. The molecule has 1 unspecified atom stereocenters. The lowest BCUT2D eigenvalue weighted by Gasteiger charge is -2.10. The highest BCUT2D eigenvalue weighted by Crippen LogP contribution is 2.13. The standard InChI is InChI=1S/C5H9F3O/c1-4(6)3-9-5(2,7)8/h4H,3H2,1-2H3. The van der Waals surface area contributed by atoms with Crippen molar-refractivity contribution in [3.8, 4) is 0 Å². The van der Waals surface area contributed by atoms with Crippen LogP contribution in [0.1, 0.15) is 13.8 Å². The minimum absolute atomic E-state index is 0.552. The first-order chi connectivity index (χ1) is 3.92. The van der Waals surface area contributed by atoms with Crippen molar-refractivity contribution in [1.29, 1.82) is 0 Å². The number of rotatable bonds is 3. The molecule has 0 aromatic carbocycles. The van der Waals surface area contributed by atoms with Crippen molar-refractivity contribution in [3.05, 3.63) is 0 Å². The van der Waals surface area contributed by atoms with Crippen LogP contribution in [0.5, 0.6) is 0 Å². The molecule has 0 aromatic heterocycles. The van der Waals surface area contributed by atoms with Gasteiger partial charge in [-0.1, -0.05) is 0 Å². The summed E-state index contributed by atoms with van der Waals surface area (Å²) in [6, 6.07) is 0. The molecule has 9 heavy (non-hydrogen) atoms. The Morgan fingerprint density at radius 2 is 2.00 bits per heavy atom.